The van der Waals surface area contributed by atoms with E-state index in [2.05, 4.69) is 9.88 Å². The molecule has 2 aliphatic rings. The van der Waals surface area contributed by atoms with Crippen LogP contribution in [-0.4, -0.2) is 64.1 Å². The van der Waals surface area contributed by atoms with Gasteiger partial charge in [0.2, 0.25) is 0 Å². The minimum absolute atomic E-state index is 0.0739. The predicted molar refractivity (Wildman–Crippen MR) is 80.0 cm³/mol. The molecule has 21 heavy (non-hydrogen) atoms. The molecule has 2 aliphatic heterocycles. The van der Waals surface area contributed by atoms with E-state index in [-0.39, 0.29) is 5.91 Å². The summed E-state index contributed by atoms with van der Waals surface area (Å²) in [7, 11) is 0. The number of pyridine rings is 1. The fourth-order valence-corrected chi connectivity index (χ4v) is 3.42. The first-order chi connectivity index (χ1) is 10.2. The molecule has 0 bridgehead atoms. The van der Waals surface area contributed by atoms with Gasteiger partial charge in [0.05, 0.1) is 12.1 Å². The van der Waals surface area contributed by atoms with Gasteiger partial charge in [-0.05, 0) is 50.9 Å². The Hall–Kier alpha value is -1.46. The zero-order chi connectivity index (χ0) is 14.7. The number of carbonyl (C=O) groups excluding carboxylic acids is 1. The van der Waals surface area contributed by atoms with Gasteiger partial charge in [0.15, 0.2) is 0 Å². The van der Waals surface area contributed by atoms with Crippen LogP contribution in [0.15, 0.2) is 24.4 Å². The topological polar surface area (TPSA) is 56.7 Å². The lowest BCUT2D eigenvalue weighted by molar-refractivity contribution is -0.0432. The fourth-order valence-electron chi connectivity index (χ4n) is 3.42. The van der Waals surface area contributed by atoms with Gasteiger partial charge in [0.1, 0.15) is 5.69 Å². The molecule has 1 aromatic rings. The molecule has 0 aromatic carbocycles. The molecular weight excluding hydrogens is 266 g/mol. The Morgan fingerprint density at radius 2 is 2.05 bits per heavy atom. The monoisotopic (exact) mass is 289 g/mol. The SMILES string of the molecule is O=C(c1ccccn1)N1CCC[C@@](O)(CN2CCCC2)C1. The van der Waals surface area contributed by atoms with Crippen LogP contribution in [0.3, 0.4) is 0 Å². The third-order valence-electron chi connectivity index (χ3n) is 4.44. The van der Waals surface area contributed by atoms with Gasteiger partial charge in [-0.1, -0.05) is 6.07 Å². The Balaban J connectivity index is 1.66. The molecule has 1 N–H and O–H groups in total. The van der Waals surface area contributed by atoms with Crippen LogP contribution in [-0.2, 0) is 0 Å². The van der Waals surface area contributed by atoms with Crippen molar-refractivity contribution in [2.45, 2.75) is 31.3 Å². The van der Waals surface area contributed by atoms with Crippen LogP contribution in [0.1, 0.15) is 36.2 Å². The van der Waals surface area contributed by atoms with Crippen molar-refractivity contribution in [1.29, 1.82) is 0 Å². The molecule has 1 atom stereocenters. The average Bonchev–Trinajstić information content (AvgIpc) is 2.99. The van der Waals surface area contributed by atoms with Crippen LogP contribution < -0.4 is 0 Å². The molecule has 3 rings (SSSR count). The van der Waals surface area contributed by atoms with Gasteiger partial charge in [-0.15, -0.1) is 0 Å². The molecule has 1 amide bonds. The predicted octanol–water partition coefficient (Wildman–Crippen LogP) is 1.14. The number of aromatic nitrogens is 1. The third-order valence-corrected chi connectivity index (χ3v) is 4.44. The Labute approximate surface area is 125 Å². The molecule has 2 fully saturated rings. The van der Waals surface area contributed by atoms with Crippen LogP contribution in [0.4, 0.5) is 0 Å². The Bertz CT molecular complexity index is 488. The van der Waals surface area contributed by atoms with E-state index < -0.39 is 5.60 Å². The van der Waals surface area contributed by atoms with Crippen molar-refractivity contribution in [1.82, 2.24) is 14.8 Å². The number of β-amino-alcohol motifs (C(OH)–C–C–N with tert-alkyl or cyclic N) is 1. The molecule has 0 radical (unpaired) electrons. The summed E-state index contributed by atoms with van der Waals surface area (Å²) >= 11 is 0. The second kappa shape index (κ2) is 6.12. The van der Waals surface area contributed by atoms with Crippen LogP contribution in [0, 0.1) is 0 Å². The Kier molecular flexibility index (Phi) is 4.22. The van der Waals surface area contributed by atoms with E-state index in [4.69, 9.17) is 0 Å². The highest BCUT2D eigenvalue weighted by molar-refractivity contribution is 5.92. The Morgan fingerprint density at radius 1 is 1.24 bits per heavy atom. The van der Waals surface area contributed by atoms with Gasteiger partial charge >= 0.3 is 0 Å². The maximum Gasteiger partial charge on any atom is 0.272 e. The summed E-state index contributed by atoms with van der Waals surface area (Å²) in [6.45, 7) is 3.93. The minimum Gasteiger partial charge on any atom is -0.387 e. The highest BCUT2D eigenvalue weighted by Crippen LogP contribution is 2.25. The summed E-state index contributed by atoms with van der Waals surface area (Å²) in [6.07, 6.45) is 5.69. The van der Waals surface area contributed by atoms with Crippen molar-refractivity contribution in [2.24, 2.45) is 0 Å². The summed E-state index contributed by atoms with van der Waals surface area (Å²) in [5.74, 6) is -0.0739. The van der Waals surface area contributed by atoms with E-state index in [1.165, 1.54) is 12.8 Å². The second-order valence-electron chi connectivity index (χ2n) is 6.25. The molecule has 5 heteroatoms. The lowest BCUT2D eigenvalue weighted by Crippen LogP contribution is -2.55. The lowest BCUT2D eigenvalue weighted by Gasteiger charge is -2.41. The molecule has 3 heterocycles. The van der Waals surface area contributed by atoms with E-state index in [9.17, 15) is 9.90 Å². The van der Waals surface area contributed by atoms with Crippen LogP contribution >= 0.6 is 0 Å². The van der Waals surface area contributed by atoms with E-state index >= 15 is 0 Å². The van der Waals surface area contributed by atoms with E-state index in [1.54, 1.807) is 23.2 Å². The molecule has 0 saturated carbocycles. The highest BCUT2D eigenvalue weighted by Gasteiger charge is 2.37. The number of hydrogen-bond donors (Lipinski definition) is 1. The smallest absolute Gasteiger partial charge is 0.272 e. The summed E-state index contributed by atoms with van der Waals surface area (Å²) in [6, 6.07) is 5.35. The standard InChI is InChI=1S/C16H23N3O2/c20-15(14-6-1-2-8-17-14)19-11-5-7-16(21,13-19)12-18-9-3-4-10-18/h1-2,6,8,21H,3-5,7,9-13H2/t16-/m1/s1. The molecule has 0 spiro atoms. The summed E-state index contributed by atoms with van der Waals surface area (Å²) in [4.78, 5) is 20.7. The summed E-state index contributed by atoms with van der Waals surface area (Å²) in [5, 5.41) is 10.8. The maximum absolute atomic E-state index is 12.5. The van der Waals surface area contributed by atoms with Gasteiger partial charge in [-0.25, -0.2) is 0 Å². The van der Waals surface area contributed by atoms with Gasteiger partial charge in [0, 0.05) is 19.3 Å². The van der Waals surface area contributed by atoms with Crippen molar-refractivity contribution < 1.29 is 9.90 Å². The van der Waals surface area contributed by atoms with E-state index in [1.807, 2.05) is 6.07 Å². The van der Waals surface area contributed by atoms with Gasteiger partial charge in [0.25, 0.3) is 5.91 Å². The molecule has 0 unspecified atom stereocenters. The van der Waals surface area contributed by atoms with Gasteiger partial charge in [-0.3, -0.25) is 9.78 Å². The molecule has 114 valence electrons. The summed E-state index contributed by atoms with van der Waals surface area (Å²) in [5.41, 5.74) is -0.310. The second-order valence-corrected chi connectivity index (χ2v) is 6.25. The first-order valence-corrected chi connectivity index (χ1v) is 7.81. The number of piperidine rings is 1. The number of rotatable bonds is 3. The zero-order valence-corrected chi connectivity index (χ0v) is 12.4. The third kappa shape index (κ3) is 3.41. The van der Waals surface area contributed by atoms with E-state index in [0.717, 1.165) is 25.9 Å². The Morgan fingerprint density at radius 3 is 2.76 bits per heavy atom. The van der Waals surface area contributed by atoms with Crippen LogP contribution in [0.5, 0.6) is 0 Å². The fraction of sp³-hybridized carbons (Fsp3) is 0.625. The van der Waals surface area contributed by atoms with Crippen LogP contribution in [0.2, 0.25) is 0 Å². The van der Waals surface area contributed by atoms with E-state index in [0.29, 0.717) is 25.3 Å². The number of hydrogen-bond acceptors (Lipinski definition) is 4. The van der Waals surface area contributed by atoms with Crippen molar-refractivity contribution in [3.8, 4) is 0 Å². The first-order valence-electron chi connectivity index (χ1n) is 7.81. The quantitative estimate of drug-likeness (QED) is 0.907. The highest BCUT2D eigenvalue weighted by atomic mass is 16.3. The average molecular weight is 289 g/mol. The molecule has 2 saturated heterocycles. The molecule has 0 aliphatic carbocycles. The number of aliphatic hydroxyl groups is 1. The molecular formula is C16H23N3O2. The zero-order valence-electron chi connectivity index (χ0n) is 12.4. The molecule has 5 nitrogen and oxygen atoms in total. The minimum atomic E-state index is -0.771. The van der Waals surface area contributed by atoms with Crippen molar-refractivity contribution in [2.75, 3.05) is 32.7 Å². The number of nitrogens with zero attached hydrogens (tertiary/aromatic N) is 3. The lowest BCUT2D eigenvalue weighted by atomic mass is 9.92. The van der Waals surface area contributed by atoms with Crippen molar-refractivity contribution >= 4 is 5.91 Å². The number of carbonyl (C=O) groups is 1. The largest absolute Gasteiger partial charge is 0.387 e. The van der Waals surface area contributed by atoms with Gasteiger partial charge < -0.3 is 14.9 Å². The van der Waals surface area contributed by atoms with Crippen molar-refractivity contribution in [3.05, 3.63) is 30.1 Å². The number of likely N-dealkylation sites (tertiary alicyclic amines) is 2. The maximum atomic E-state index is 12.5. The normalized spacial score (nSPS) is 27.0. The summed E-state index contributed by atoms with van der Waals surface area (Å²) < 4.78 is 0. The van der Waals surface area contributed by atoms with Gasteiger partial charge in [-0.2, -0.15) is 0 Å². The van der Waals surface area contributed by atoms with Crippen molar-refractivity contribution in [3.63, 3.8) is 0 Å². The molecule has 1 aromatic heterocycles. The van der Waals surface area contributed by atoms with Crippen LogP contribution in [0.25, 0.3) is 0 Å². The first kappa shape index (κ1) is 14.5. The number of amides is 1.